The quantitative estimate of drug-likeness (QED) is 0.724. The summed E-state index contributed by atoms with van der Waals surface area (Å²) in [7, 11) is -2.14. The summed E-state index contributed by atoms with van der Waals surface area (Å²) in [5, 5.41) is 19.6. The minimum atomic E-state index is -3.55. The zero-order valence-corrected chi connectivity index (χ0v) is 14.1. The average Bonchev–Trinajstić information content (AvgIpc) is 2.30. The molecular weight excluding hydrogens is 303 g/mol. The van der Waals surface area contributed by atoms with Gasteiger partial charge in [-0.25, -0.2) is 0 Å². The summed E-state index contributed by atoms with van der Waals surface area (Å²) in [5.74, 6) is 0. The monoisotopic (exact) mass is 326 g/mol. The second kappa shape index (κ2) is 7.40. The highest BCUT2D eigenvalue weighted by Gasteiger charge is 2.41. The van der Waals surface area contributed by atoms with Crippen LogP contribution in [0.4, 0.5) is 0 Å². The number of ether oxygens (including phenoxy) is 1. The fourth-order valence-corrected chi connectivity index (χ4v) is 5.30. The molecule has 0 unspecified atom stereocenters. The highest BCUT2D eigenvalue weighted by Crippen LogP contribution is 2.63. The Bertz CT molecular complexity index is 383. The first kappa shape index (κ1) is 18.2. The molecular formula is C12H23O6PS. The van der Waals surface area contributed by atoms with E-state index in [1.165, 1.54) is 13.2 Å². The first-order chi connectivity index (χ1) is 9.19. The second-order valence-corrected chi connectivity index (χ2v) is 8.35. The Labute approximate surface area is 124 Å². The van der Waals surface area contributed by atoms with Gasteiger partial charge in [0, 0.05) is 7.11 Å². The molecule has 0 bridgehead atoms. The Morgan fingerprint density at radius 1 is 1.20 bits per heavy atom. The van der Waals surface area contributed by atoms with Crippen LogP contribution in [0.25, 0.3) is 0 Å². The molecule has 0 saturated heterocycles. The number of aliphatic hydroxyl groups is 2. The first-order valence-electron chi connectivity index (χ1n) is 6.44. The molecule has 3 atom stereocenters. The Hall–Kier alpha value is 0.120. The van der Waals surface area contributed by atoms with Gasteiger partial charge in [0.1, 0.15) is 17.6 Å². The van der Waals surface area contributed by atoms with Gasteiger partial charge in [-0.05, 0) is 33.8 Å². The van der Waals surface area contributed by atoms with Crippen molar-refractivity contribution in [2.45, 2.75) is 57.5 Å². The molecule has 2 N–H and O–H groups in total. The van der Waals surface area contributed by atoms with E-state index < -0.39 is 25.2 Å². The van der Waals surface area contributed by atoms with E-state index in [1.54, 1.807) is 27.7 Å². The molecule has 0 aromatic heterocycles. The summed E-state index contributed by atoms with van der Waals surface area (Å²) in [5.41, 5.74) is -0.718. The minimum absolute atomic E-state index is 0.268. The van der Waals surface area contributed by atoms with Gasteiger partial charge in [0.25, 0.3) is 0 Å². The zero-order valence-electron chi connectivity index (χ0n) is 12.3. The van der Waals surface area contributed by atoms with Crippen molar-refractivity contribution in [1.82, 2.24) is 0 Å². The number of methoxy groups -OCH3 is 1. The summed E-state index contributed by atoms with van der Waals surface area (Å²) in [4.78, 5) is 0. The lowest BCUT2D eigenvalue weighted by Gasteiger charge is -2.33. The van der Waals surface area contributed by atoms with Crippen LogP contribution in [0.5, 0.6) is 0 Å². The summed E-state index contributed by atoms with van der Waals surface area (Å²) in [6.07, 6.45) is -1.54. The van der Waals surface area contributed by atoms with Gasteiger partial charge in [-0.1, -0.05) is 11.8 Å². The molecule has 8 heteroatoms. The maximum Gasteiger partial charge on any atom is 0.367 e. The lowest BCUT2D eigenvalue weighted by molar-refractivity contribution is -0.0228. The maximum atomic E-state index is 12.9. The molecule has 0 aromatic carbocycles. The van der Waals surface area contributed by atoms with Crippen molar-refractivity contribution in [3.05, 3.63) is 10.7 Å². The summed E-state index contributed by atoms with van der Waals surface area (Å²) in [6.45, 7) is 7.01. The van der Waals surface area contributed by atoms with Gasteiger partial charge in [0.2, 0.25) is 0 Å². The topological polar surface area (TPSA) is 85.2 Å². The fourth-order valence-electron chi connectivity index (χ4n) is 1.66. The molecule has 0 fully saturated rings. The molecule has 0 spiro atoms. The van der Waals surface area contributed by atoms with E-state index in [0.29, 0.717) is 0 Å². The molecule has 20 heavy (non-hydrogen) atoms. The van der Waals surface area contributed by atoms with E-state index in [-0.39, 0.29) is 16.9 Å². The lowest BCUT2D eigenvalue weighted by atomic mass is 10.2. The van der Waals surface area contributed by atoms with E-state index in [9.17, 15) is 14.8 Å². The predicted octanol–water partition coefficient (Wildman–Crippen LogP) is 2.31. The number of aliphatic hydroxyl groups excluding tert-OH is 2. The van der Waals surface area contributed by atoms with Crippen LogP contribution >= 0.6 is 19.4 Å². The second-order valence-electron chi connectivity index (χ2n) is 5.01. The van der Waals surface area contributed by atoms with Gasteiger partial charge < -0.3 is 24.0 Å². The maximum absolute atomic E-state index is 12.9. The average molecular weight is 326 g/mol. The first-order valence-corrected chi connectivity index (χ1v) is 8.86. The fraction of sp³-hybridized carbons (Fsp3) is 0.833. The van der Waals surface area contributed by atoms with Crippen LogP contribution in [-0.4, -0.2) is 47.2 Å². The van der Waals surface area contributed by atoms with Crippen LogP contribution in [0, 0.1) is 0 Å². The van der Waals surface area contributed by atoms with E-state index in [1.807, 2.05) is 0 Å². The molecule has 1 rings (SSSR count). The lowest BCUT2D eigenvalue weighted by Crippen LogP contribution is -2.38. The van der Waals surface area contributed by atoms with Crippen molar-refractivity contribution in [2.24, 2.45) is 0 Å². The number of hydrogen-bond donors (Lipinski definition) is 2. The molecule has 6 nitrogen and oxygen atoms in total. The Morgan fingerprint density at radius 2 is 1.70 bits per heavy atom. The summed E-state index contributed by atoms with van der Waals surface area (Å²) < 4.78 is 29.2. The molecule has 0 amide bonds. The van der Waals surface area contributed by atoms with Crippen molar-refractivity contribution >= 4 is 19.4 Å². The molecule has 0 aliphatic carbocycles. The molecule has 0 saturated carbocycles. The third kappa shape index (κ3) is 4.56. The van der Waals surface area contributed by atoms with Crippen LogP contribution in [-0.2, 0) is 18.3 Å². The van der Waals surface area contributed by atoms with Gasteiger partial charge in [0.05, 0.1) is 16.9 Å². The Kier molecular flexibility index (Phi) is 6.73. The highest BCUT2D eigenvalue weighted by atomic mass is 32.2. The van der Waals surface area contributed by atoms with E-state index in [4.69, 9.17) is 13.8 Å². The number of thioether (sulfide) groups is 1. The van der Waals surface area contributed by atoms with Crippen LogP contribution in [0.15, 0.2) is 10.7 Å². The molecule has 1 heterocycles. The summed E-state index contributed by atoms with van der Waals surface area (Å²) >= 11 is 1.05. The molecule has 0 aromatic rings. The zero-order chi connectivity index (χ0) is 15.5. The van der Waals surface area contributed by atoms with Crippen molar-refractivity contribution < 1.29 is 28.6 Å². The van der Waals surface area contributed by atoms with Crippen molar-refractivity contribution in [3.63, 3.8) is 0 Å². The van der Waals surface area contributed by atoms with Gasteiger partial charge in [-0.2, -0.15) is 0 Å². The van der Waals surface area contributed by atoms with Crippen molar-refractivity contribution in [1.29, 1.82) is 0 Å². The van der Waals surface area contributed by atoms with Gasteiger partial charge in [-0.15, -0.1) is 0 Å². The van der Waals surface area contributed by atoms with Crippen LogP contribution in [0.3, 0.4) is 0 Å². The molecule has 1 aliphatic heterocycles. The predicted molar refractivity (Wildman–Crippen MR) is 78.5 cm³/mol. The number of hydrogen-bond acceptors (Lipinski definition) is 7. The number of rotatable bonds is 6. The SMILES string of the molecule is CO[C@@H]1SC(P(=O)(OC(C)C)OC(C)C)=C[C@@H](O)[C@H]1O. The van der Waals surface area contributed by atoms with Crippen molar-refractivity contribution in [2.75, 3.05) is 7.11 Å². The van der Waals surface area contributed by atoms with E-state index >= 15 is 0 Å². The smallest absolute Gasteiger partial charge is 0.367 e. The Balaban J connectivity index is 3.07. The molecule has 0 radical (unpaired) electrons. The molecule has 1 aliphatic rings. The van der Waals surface area contributed by atoms with Gasteiger partial charge >= 0.3 is 7.60 Å². The van der Waals surface area contributed by atoms with Gasteiger partial charge in [-0.3, -0.25) is 4.57 Å². The largest absolute Gasteiger partial charge is 0.386 e. The van der Waals surface area contributed by atoms with E-state index in [0.717, 1.165) is 11.8 Å². The highest BCUT2D eigenvalue weighted by molar-refractivity contribution is 8.10. The van der Waals surface area contributed by atoms with Crippen LogP contribution < -0.4 is 0 Å². The third-order valence-corrected chi connectivity index (χ3v) is 6.54. The van der Waals surface area contributed by atoms with Crippen molar-refractivity contribution in [3.8, 4) is 0 Å². The van der Waals surface area contributed by atoms with Crippen LogP contribution in [0.2, 0.25) is 0 Å². The van der Waals surface area contributed by atoms with Gasteiger partial charge in [0.15, 0.2) is 0 Å². The normalized spacial score (nSPS) is 28.1. The van der Waals surface area contributed by atoms with E-state index in [2.05, 4.69) is 0 Å². The third-order valence-electron chi connectivity index (χ3n) is 2.38. The molecule has 118 valence electrons. The van der Waals surface area contributed by atoms with Crippen LogP contribution in [0.1, 0.15) is 27.7 Å². The summed E-state index contributed by atoms with van der Waals surface area (Å²) in [6, 6.07) is 0. The minimum Gasteiger partial charge on any atom is -0.386 e. The Morgan fingerprint density at radius 3 is 2.10 bits per heavy atom. The standard InChI is InChI=1S/C12H23O6PS/c1-7(2)17-19(15,18-8(3)4)10-6-9(13)11(14)12(16-5)20-10/h6-9,11-14H,1-5H3/t9-,11-,12-/m1/s1.